The lowest BCUT2D eigenvalue weighted by atomic mass is 10.1. The van der Waals surface area contributed by atoms with E-state index >= 15 is 0 Å². The van der Waals surface area contributed by atoms with Crippen LogP contribution in [0.3, 0.4) is 0 Å². The highest BCUT2D eigenvalue weighted by Gasteiger charge is 2.31. The number of amides is 1. The van der Waals surface area contributed by atoms with Gasteiger partial charge in [0.1, 0.15) is 5.82 Å². The van der Waals surface area contributed by atoms with E-state index in [4.69, 9.17) is 11.6 Å². The molecular weight excluding hydrogens is 376 g/mol. The van der Waals surface area contributed by atoms with Crippen LogP contribution in [0.4, 0.5) is 23.2 Å². The maximum atomic E-state index is 13.2. The highest BCUT2D eigenvalue weighted by Crippen LogP contribution is 2.34. The van der Waals surface area contributed by atoms with Gasteiger partial charge in [-0.25, -0.2) is 4.39 Å². The predicted octanol–water partition coefficient (Wildman–Crippen LogP) is 4.80. The van der Waals surface area contributed by atoms with Crippen molar-refractivity contribution in [2.24, 2.45) is 0 Å². The zero-order valence-corrected chi connectivity index (χ0v) is 13.5. The second-order valence-corrected chi connectivity index (χ2v) is 5.78. The SMILES string of the molecule is O=C(Nc1cc(C(F)(F)F)ccc1Cl)C(=O)c1c[nH]c2cc(F)ccc12. The van der Waals surface area contributed by atoms with Crippen molar-refractivity contribution in [2.75, 3.05) is 5.32 Å². The van der Waals surface area contributed by atoms with E-state index in [1.165, 1.54) is 12.3 Å². The first kappa shape index (κ1) is 17.9. The predicted molar refractivity (Wildman–Crippen MR) is 87.7 cm³/mol. The van der Waals surface area contributed by atoms with Crippen molar-refractivity contribution in [1.29, 1.82) is 0 Å². The van der Waals surface area contributed by atoms with Crippen LogP contribution < -0.4 is 5.32 Å². The first-order chi connectivity index (χ1) is 12.2. The minimum atomic E-state index is -4.63. The summed E-state index contributed by atoms with van der Waals surface area (Å²) in [5.41, 5.74) is -1.10. The van der Waals surface area contributed by atoms with Gasteiger partial charge in [0.2, 0.25) is 0 Å². The number of aromatic nitrogens is 1. The quantitative estimate of drug-likeness (QED) is 0.387. The Morgan fingerprint density at radius 2 is 1.81 bits per heavy atom. The first-order valence-electron chi connectivity index (χ1n) is 7.16. The molecule has 9 heteroatoms. The zero-order chi connectivity index (χ0) is 19.1. The Labute approximate surface area is 148 Å². The third-order valence-corrected chi connectivity index (χ3v) is 3.97. The van der Waals surface area contributed by atoms with Crippen LogP contribution >= 0.6 is 11.6 Å². The number of fused-ring (bicyclic) bond motifs is 1. The normalized spacial score (nSPS) is 11.6. The minimum Gasteiger partial charge on any atom is -0.360 e. The Kier molecular flexibility index (Phi) is 4.45. The number of halogens is 5. The van der Waals surface area contributed by atoms with Gasteiger partial charge in [0.05, 0.1) is 21.8 Å². The van der Waals surface area contributed by atoms with Crippen molar-refractivity contribution >= 4 is 39.9 Å². The highest BCUT2D eigenvalue weighted by molar-refractivity contribution is 6.49. The number of ketones is 1. The van der Waals surface area contributed by atoms with Crippen LogP contribution in [-0.4, -0.2) is 16.7 Å². The van der Waals surface area contributed by atoms with E-state index in [9.17, 15) is 27.2 Å². The van der Waals surface area contributed by atoms with Crippen LogP contribution in [0.2, 0.25) is 5.02 Å². The highest BCUT2D eigenvalue weighted by atomic mass is 35.5. The number of alkyl halides is 3. The van der Waals surface area contributed by atoms with Crippen LogP contribution in [0.15, 0.2) is 42.6 Å². The van der Waals surface area contributed by atoms with Crippen LogP contribution in [0.1, 0.15) is 15.9 Å². The molecule has 0 spiro atoms. The molecule has 0 aliphatic rings. The molecule has 0 aliphatic heterocycles. The molecule has 2 aromatic carbocycles. The van der Waals surface area contributed by atoms with Crippen molar-refractivity contribution in [3.8, 4) is 0 Å². The number of rotatable bonds is 3. The van der Waals surface area contributed by atoms with Gasteiger partial charge in [0, 0.05) is 17.1 Å². The van der Waals surface area contributed by atoms with E-state index in [0.717, 1.165) is 24.3 Å². The van der Waals surface area contributed by atoms with E-state index in [2.05, 4.69) is 10.3 Å². The maximum absolute atomic E-state index is 13.2. The van der Waals surface area contributed by atoms with E-state index in [1.54, 1.807) is 0 Å². The van der Waals surface area contributed by atoms with E-state index in [-0.39, 0.29) is 16.3 Å². The number of carbonyl (C=O) groups excluding carboxylic acids is 2. The summed E-state index contributed by atoms with van der Waals surface area (Å²) in [6.45, 7) is 0. The number of nitrogens with one attached hydrogen (secondary N) is 2. The number of carbonyl (C=O) groups is 2. The summed E-state index contributed by atoms with van der Waals surface area (Å²) < 4.78 is 51.5. The number of Topliss-reactive ketones (excluding diaryl/α,β-unsaturated/α-hetero) is 1. The van der Waals surface area contributed by atoms with Gasteiger partial charge < -0.3 is 10.3 Å². The molecule has 3 aromatic rings. The molecule has 0 aliphatic carbocycles. The average Bonchev–Trinajstić information content (AvgIpc) is 2.97. The van der Waals surface area contributed by atoms with Crippen molar-refractivity contribution in [3.05, 3.63) is 64.6 Å². The number of anilines is 1. The average molecular weight is 385 g/mol. The Morgan fingerprint density at radius 3 is 2.50 bits per heavy atom. The summed E-state index contributed by atoms with van der Waals surface area (Å²) in [7, 11) is 0. The number of aromatic amines is 1. The summed E-state index contributed by atoms with van der Waals surface area (Å²) >= 11 is 5.79. The van der Waals surface area contributed by atoms with Crippen molar-refractivity contribution in [1.82, 2.24) is 4.98 Å². The summed E-state index contributed by atoms with van der Waals surface area (Å²) in [4.78, 5) is 27.1. The molecule has 4 nitrogen and oxygen atoms in total. The van der Waals surface area contributed by atoms with Gasteiger partial charge in [-0.1, -0.05) is 11.6 Å². The molecule has 0 saturated carbocycles. The second kappa shape index (κ2) is 6.45. The maximum Gasteiger partial charge on any atom is 0.416 e. The molecule has 1 heterocycles. The van der Waals surface area contributed by atoms with E-state index < -0.39 is 29.2 Å². The third kappa shape index (κ3) is 3.41. The van der Waals surface area contributed by atoms with Crippen LogP contribution in [0.25, 0.3) is 10.9 Å². The number of benzene rings is 2. The monoisotopic (exact) mass is 384 g/mol. The molecule has 0 fully saturated rings. The van der Waals surface area contributed by atoms with E-state index in [0.29, 0.717) is 17.0 Å². The van der Waals surface area contributed by atoms with Gasteiger partial charge in [0.15, 0.2) is 0 Å². The summed E-state index contributed by atoms with van der Waals surface area (Å²) in [6, 6.07) is 5.95. The molecule has 0 bridgehead atoms. The zero-order valence-electron chi connectivity index (χ0n) is 12.7. The summed E-state index contributed by atoms with van der Waals surface area (Å²) in [6.07, 6.45) is -3.41. The van der Waals surface area contributed by atoms with Crippen LogP contribution in [-0.2, 0) is 11.0 Å². The van der Waals surface area contributed by atoms with E-state index in [1.807, 2.05) is 0 Å². The lowest BCUT2D eigenvalue weighted by Gasteiger charge is -2.11. The smallest absolute Gasteiger partial charge is 0.360 e. The summed E-state index contributed by atoms with van der Waals surface area (Å²) in [5.74, 6) is -2.70. The number of hydrogen-bond acceptors (Lipinski definition) is 2. The van der Waals surface area contributed by atoms with Gasteiger partial charge in [-0.3, -0.25) is 9.59 Å². The topological polar surface area (TPSA) is 62.0 Å². The number of H-pyrrole nitrogens is 1. The molecule has 2 N–H and O–H groups in total. The standard InChI is InChI=1S/C17H9ClF4N2O2/c18-12-4-1-8(17(20,21)22)5-14(12)24-16(26)15(25)11-7-23-13-6-9(19)2-3-10(11)13/h1-7,23H,(H,24,26). The fourth-order valence-electron chi connectivity index (χ4n) is 2.39. The second-order valence-electron chi connectivity index (χ2n) is 5.37. The summed E-state index contributed by atoms with van der Waals surface area (Å²) in [5, 5.41) is 2.23. The Bertz CT molecular complexity index is 1030. The number of hydrogen-bond donors (Lipinski definition) is 2. The van der Waals surface area contributed by atoms with Crippen LogP contribution in [0.5, 0.6) is 0 Å². The molecular formula is C17H9ClF4N2O2. The Hall–Kier alpha value is -2.87. The molecule has 3 rings (SSSR count). The fourth-order valence-corrected chi connectivity index (χ4v) is 2.55. The fraction of sp³-hybridized carbons (Fsp3) is 0.0588. The molecule has 0 unspecified atom stereocenters. The lowest BCUT2D eigenvalue weighted by Crippen LogP contribution is -2.23. The molecule has 0 radical (unpaired) electrons. The molecule has 1 amide bonds. The van der Waals surface area contributed by atoms with Gasteiger partial charge in [0.25, 0.3) is 11.7 Å². The lowest BCUT2D eigenvalue weighted by molar-refractivity contribution is -0.137. The molecule has 0 saturated heterocycles. The van der Waals surface area contributed by atoms with Gasteiger partial charge in [-0.2, -0.15) is 13.2 Å². The van der Waals surface area contributed by atoms with Gasteiger partial charge >= 0.3 is 6.18 Å². The Morgan fingerprint density at radius 1 is 1.08 bits per heavy atom. The first-order valence-corrected chi connectivity index (χ1v) is 7.53. The van der Waals surface area contributed by atoms with Gasteiger partial charge in [-0.05, 0) is 36.4 Å². The van der Waals surface area contributed by atoms with Crippen molar-refractivity contribution in [2.45, 2.75) is 6.18 Å². The molecule has 26 heavy (non-hydrogen) atoms. The third-order valence-electron chi connectivity index (χ3n) is 3.64. The van der Waals surface area contributed by atoms with Crippen LogP contribution in [0, 0.1) is 5.82 Å². The largest absolute Gasteiger partial charge is 0.416 e. The van der Waals surface area contributed by atoms with Gasteiger partial charge in [-0.15, -0.1) is 0 Å². The van der Waals surface area contributed by atoms with Crippen molar-refractivity contribution < 1.29 is 27.2 Å². The molecule has 1 aromatic heterocycles. The Balaban J connectivity index is 1.89. The molecule has 0 atom stereocenters. The molecule has 134 valence electrons. The van der Waals surface area contributed by atoms with Crippen molar-refractivity contribution in [3.63, 3.8) is 0 Å². The minimum absolute atomic E-state index is 0.0411.